The fourth-order valence-corrected chi connectivity index (χ4v) is 3.25. The molecule has 0 amide bonds. The molecular formula is C17H36N2. The van der Waals surface area contributed by atoms with E-state index < -0.39 is 0 Å². The van der Waals surface area contributed by atoms with E-state index in [2.05, 4.69) is 51.8 Å². The van der Waals surface area contributed by atoms with Crippen LogP contribution in [0.2, 0.25) is 0 Å². The van der Waals surface area contributed by atoms with Gasteiger partial charge in [0.25, 0.3) is 0 Å². The molecule has 0 aromatic rings. The molecule has 0 aliphatic carbocycles. The molecule has 1 aliphatic rings. The Morgan fingerprint density at radius 3 is 2.37 bits per heavy atom. The fraction of sp³-hybridized carbons (Fsp3) is 1.00. The Balaban J connectivity index is 2.50. The molecule has 0 bridgehead atoms. The van der Waals surface area contributed by atoms with Crippen molar-refractivity contribution < 1.29 is 0 Å². The molecule has 1 N–H and O–H groups in total. The third-order valence-corrected chi connectivity index (χ3v) is 4.74. The molecule has 2 atom stereocenters. The largest absolute Gasteiger partial charge is 0.313 e. The molecule has 0 aromatic carbocycles. The van der Waals surface area contributed by atoms with Crippen molar-refractivity contribution in [1.29, 1.82) is 0 Å². The molecule has 2 unspecified atom stereocenters. The highest BCUT2D eigenvalue weighted by molar-refractivity contribution is 4.82. The lowest BCUT2D eigenvalue weighted by Crippen LogP contribution is -2.44. The summed E-state index contributed by atoms with van der Waals surface area (Å²) in [6.45, 7) is 17.8. The molecule has 0 saturated carbocycles. The van der Waals surface area contributed by atoms with Crippen molar-refractivity contribution >= 4 is 0 Å². The monoisotopic (exact) mass is 268 g/mol. The van der Waals surface area contributed by atoms with E-state index in [9.17, 15) is 0 Å². The molecule has 1 rings (SSSR count). The first kappa shape index (κ1) is 17.0. The molecule has 0 aromatic heterocycles. The summed E-state index contributed by atoms with van der Waals surface area (Å²) in [6.07, 6.45) is 5.43. The van der Waals surface area contributed by atoms with Crippen LogP contribution in [-0.4, -0.2) is 36.6 Å². The average Bonchev–Trinajstić information content (AvgIpc) is 2.55. The van der Waals surface area contributed by atoms with Gasteiger partial charge in [-0.15, -0.1) is 0 Å². The van der Waals surface area contributed by atoms with Gasteiger partial charge in [-0.25, -0.2) is 0 Å². The fourth-order valence-electron chi connectivity index (χ4n) is 3.25. The van der Waals surface area contributed by atoms with E-state index in [0.29, 0.717) is 11.5 Å². The molecule has 1 aliphatic heterocycles. The summed E-state index contributed by atoms with van der Waals surface area (Å²) in [4.78, 5) is 2.74. The van der Waals surface area contributed by atoms with Gasteiger partial charge in [0.05, 0.1) is 0 Å². The Kier molecular flexibility index (Phi) is 6.82. The van der Waals surface area contributed by atoms with Crippen LogP contribution in [0.15, 0.2) is 0 Å². The predicted octanol–water partition coefficient (Wildman–Crippen LogP) is 3.91. The summed E-state index contributed by atoms with van der Waals surface area (Å²) in [6, 6.07) is 1.32. The zero-order valence-electron chi connectivity index (χ0n) is 14.1. The lowest BCUT2D eigenvalue weighted by atomic mass is 9.77. The van der Waals surface area contributed by atoms with Crippen LogP contribution in [0.3, 0.4) is 0 Å². The molecule has 1 heterocycles. The van der Waals surface area contributed by atoms with Crippen molar-refractivity contribution in [3.8, 4) is 0 Å². The Labute approximate surface area is 121 Å². The van der Waals surface area contributed by atoms with Gasteiger partial charge >= 0.3 is 0 Å². The van der Waals surface area contributed by atoms with Crippen molar-refractivity contribution in [3.05, 3.63) is 0 Å². The SMILES string of the molecule is CCC(CNC(C)C)N1CCCC(C(C)(C)C)CC1. The van der Waals surface area contributed by atoms with Gasteiger partial charge in [0.2, 0.25) is 0 Å². The van der Waals surface area contributed by atoms with E-state index in [-0.39, 0.29) is 0 Å². The maximum atomic E-state index is 3.61. The Bertz CT molecular complexity index is 242. The average molecular weight is 268 g/mol. The molecule has 2 heteroatoms. The van der Waals surface area contributed by atoms with E-state index in [1.807, 2.05) is 0 Å². The normalized spacial score (nSPS) is 24.5. The van der Waals surface area contributed by atoms with Crippen molar-refractivity contribution in [2.45, 2.75) is 79.3 Å². The van der Waals surface area contributed by atoms with Crippen LogP contribution in [-0.2, 0) is 0 Å². The highest BCUT2D eigenvalue weighted by Crippen LogP contribution is 2.34. The van der Waals surface area contributed by atoms with Crippen LogP contribution < -0.4 is 5.32 Å². The van der Waals surface area contributed by atoms with Crippen LogP contribution in [0.4, 0.5) is 0 Å². The van der Waals surface area contributed by atoms with Crippen LogP contribution in [0.5, 0.6) is 0 Å². The van der Waals surface area contributed by atoms with E-state index in [1.54, 1.807) is 0 Å². The van der Waals surface area contributed by atoms with Crippen molar-refractivity contribution in [2.24, 2.45) is 11.3 Å². The predicted molar refractivity (Wildman–Crippen MR) is 85.6 cm³/mol. The Hall–Kier alpha value is -0.0800. The lowest BCUT2D eigenvalue weighted by molar-refractivity contribution is 0.174. The van der Waals surface area contributed by atoms with E-state index in [0.717, 1.165) is 18.5 Å². The second kappa shape index (κ2) is 7.64. The minimum absolute atomic E-state index is 0.480. The first-order valence-corrected chi connectivity index (χ1v) is 8.32. The van der Waals surface area contributed by atoms with Crippen molar-refractivity contribution in [2.75, 3.05) is 19.6 Å². The van der Waals surface area contributed by atoms with Gasteiger partial charge in [-0.3, -0.25) is 4.90 Å². The summed E-state index contributed by atoms with van der Waals surface area (Å²) >= 11 is 0. The number of nitrogens with zero attached hydrogens (tertiary/aromatic N) is 1. The third-order valence-electron chi connectivity index (χ3n) is 4.74. The van der Waals surface area contributed by atoms with E-state index in [1.165, 1.54) is 38.8 Å². The first-order valence-electron chi connectivity index (χ1n) is 8.32. The minimum Gasteiger partial charge on any atom is -0.313 e. The zero-order chi connectivity index (χ0) is 14.5. The molecule has 114 valence electrons. The highest BCUT2D eigenvalue weighted by Gasteiger charge is 2.28. The van der Waals surface area contributed by atoms with Gasteiger partial charge in [0.15, 0.2) is 0 Å². The quantitative estimate of drug-likeness (QED) is 0.813. The number of hydrogen-bond donors (Lipinski definition) is 1. The molecular weight excluding hydrogens is 232 g/mol. The third kappa shape index (κ3) is 5.83. The van der Waals surface area contributed by atoms with Crippen LogP contribution in [0.25, 0.3) is 0 Å². The van der Waals surface area contributed by atoms with Gasteiger partial charge < -0.3 is 5.32 Å². The molecule has 2 nitrogen and oxygen atoms in total. The van der Waals surface area contributed by atoms with Gasteiger partial charge in [0, 0.05) is 18.6 Å². The van der Waals surface area contributed by atoms with Crippen molar-refractivity contribution in [1.82, 2.24) is 10.2 Å². The molecule has 0 radical (unpaired) electrons. The Morgan fingerprint density at radius 1 is 1.16 bits per heavy atom. The van der Waals surface area contributed by atoms with Gasteiger partial charge in [-0.05, 0) is 50.1 Å². The molecule has 0 spiro atoms. The summed E-state index contributed by atoms with van der Waals surface area (Å²) < 4.78 is 0. The lowest BCUT2D eigenvalue weighted by Gasteiger charge is -2.32. The highest BCUT2D eigenvalue weighted by atomic mass is 15.2. The van der Waals surface area contributed by atoms with Gasteiger partial charge in [0.1, 0.15) is 0 Å². The first-order chi connectivity index (χ1) is 8.84. The van der Waals surface area contributed by atoms with E-state index >= 15 is 0 Å². The maximum Gasteiger partial charge on any atom is 0.0218 e. The van der Waals surface area contributed by atoms with Crippen LogP contribution in [0, 0.1) is 11.3 Å². The summed E-state index contributed by atoms with van der Waals surface area (Å²) in [5, 5.41) is 3.61. The molecule has 1 fully saturated rings. The number of hydrogen-bond acceptors (Lipinski definition) is 2. The summed E-state index contributed by atoms with van der Waals surface area (Å²) in [5.41, 5.74) is 0.480. The molecule has 19 heavy (non-hydrogen) atoms. The van der Waals surface area contributed by atoms with Gasteiger partial charge in [-0.2, -0.15) is 0 Å². The molecule has 1 saturated heterocycles. The number of rotatable bonds is 5. The Morgan fingerprint density at radius 2 is 1.84 bits per heavy atom. The van der Waals surface area contributed by atoms with Crippen LogP contribution >= 0.6 is 0 Å². The number of nitrogens with one attached hydrogen (secondary N) is 1. The maximum absolute atomic E-state index is 3.61. The second-order valence-corrected chi connectivity index (χ2v) is 7.65. The zero-order valence-corrected chi connectivity index (χ0v) is 14.1. The van der Waals surface area contributed by atoms with Crippen LogP contribution in [0.1, 0.15) is 67.2 Å². The van der Waals surface area contributed by atoms with E-state index in [4.69, 9.17) is 0 Å². The number of likely N-dealkylation sites (tertiary alicyclic amines) is 1. The minimum atomic E-state index is 0.480. The van der Waals surface area contributed by atoms with Gasteiger partial charge in [-0.1, -0.05) is 41.5 Å². The van der Waals surface area contributed by atoms with Crippen molar-refractivity contribution in [3.63, 3.8) is 0 Å². The smallest absolute Gasteiger partial charge is 0.0218 e. The second-order valence-electron chi connectivity index (χ2n) is 7.65. The standard InChI is InChI=1S/C17H36N2/c1-7-16(13-18-14(2)3)19-11-8-9-15(10-12-19)17(4,5)6/h14-16,18H,7-13H2,1-6H3. The summed E-state index contributed by atoms with van der Waals surface area (Å²) in [7, 11) is 0. The topological polar surface area (TPSA) is 15.3 Å². The summed E-state index contributed by atoms with van der Waals surface area (Å²) in [5.74, 6) is 0.896.